The molecule has 2 heterocycles. The average molecular weight is 623 g/mol. The first-order valence-electron chi connectivity index (χ1n) is 9.86. The molecular formula is C21H19Br2F2N3O3S2. The van der Waals surface area contributed by atoms with Gasteiger partial charge in [-0.3, -0.25) is 0 Å². The van der Waals surface area contributed by atoms with Crippen LogP contribution in [-0.2, 0) is 16.4 Å². The predicted molar refractivity (Wildman–Crippen MR) is 131 cm³/mol. The number of hydrogen-bond acceptors (Lipinski definition) is 6. The van der Waals surface area contributed by atoms with Crippen LogP contribution in [0, 0.1) is 11.6 Å². The van der Waals surface area contributed by atoms with E-state index in [4.69, 9.17) is 9.72 Å². The van der Waals surface area contributed by atoms with E-state index >= 15 is 0 Å². The lowest BCUT2D eigenvalue weighted by Gasteiger charge is -2.34. The molecule has 12 heteroatoms. The number of nitrogens with zero attached hydrogens (tertiary/aromatic N) is 3. The Bertz CT molecular complexity index is 1250. The minimum Gasteiger partial charge on any atom is -0.496 e. The maximum atomic E-state index is 14.6. The second-order valence-electron chi connectivity index (χ2n) is 7.30. The largest absolute Gasteiger partial charge is 0.496 e. The second kappa shape index (κ2) is 9.95. The molecule has 0 aliphatic carbocycles. The molecule has 33 heavy (non-hydrogen) atoms. The van der Waals surface area contributed by atoms with Gasteiger partial charge in [0.2, 0.25) is 10.0 Å². The molecule has 0 spiro atoms. The molecule has 0 radical (unpaired) electrons. The van der Waals surface area contributed by atoms with Crippen molar-refractivity contribution in [2.24, 2.45) is 0 Å². The number of para-hydroxylation sites is 1. The minimum absolute atomic E-state index is 0.129. The van der Waals surface area contributed by atoms with E-state index in [9.17, 15) is 17.2 Å². The van der Waals surface area contributed by atoms with Gasteiger partial charge < -0.3 is 9.64 Å². The van der Waals surface area contributed by atoms with Gasteiger partial charge in [-0.25, -0.2) is 22.2 Å². The van der Waals surface area contributed by atoms with Gasteiger partial charge in [-0.1, -0.05) is 18.2 Å². The second-order valence-corrected chi connectivity index (χ2v) is 11.7. The molecule has 0 bridgehead atoms. The number of anilines is 1. The number of methoxy groups -OCH3 is 1. The van der Waals surface area contributed by atoms with Gasteiger partial charge >= 0.3 is 0 Å². The highest BCUT2D eigenvalue weighted by atomic mass is 79.9. The molecule has 0 atom stereocenters. The summed E-state index contributed by atoms with van der Waals surface area (Å²) in [6.45, 7) is 1.03. The summed E-state index contributed by atoms with van der Waals surface area (Å²) in [5.74, 6) is -1.08. The lowest BCUT2D eigenvalue weighted by atomic mass is 10.1. The number of benzene rings is 2. The molecule has 1 fully saturated rings. The lowest BCUT2D eigenvalue weighted by molar-refractivity contribution is 0.381. The molecule has 1 aromatic heterocycles. The van der Waals surface area contributed by atoms with Crippen LogP contribution in [0.2, 0.25) is 0 Å². The molecule has 1 saturated heterocycles. The van der Waals surface area contributed by atoms with Gasteiger partial charge in [0.25, 0.3) is 0 Å². The molecule has 0 unspecified atom stereocenters. The number of thiazole rings is 1. The number of hydrogen-bond donors (Lipinski definition) is 0. The Morgan fingerprint density at radius 2 is 1.85 bits per heavy atom. The highest BCUT2D eigenvalue weighted by Crippen LogP contribution is 2.35. The van der Waals surface area contributed by atoms with Crippen molar-refractivity contribution >= 4 is 58.4 Å². The van der Waals surface area contributed by atoms with Gasteiger partial charge in [0, 0.05) is 43.5 Å². The molecule has 6 nitrogen and oxygen atoms in total. The van der Waals surface area contributed by atoms with Gasteiger partial charge in [0.1, 0.15) is 16.5 Å². The van der Waals surface area contributed by atoms with Crippen LogP contribution in [0.25, 0.3) is 0 Å². The van der Waals surface area contributed by atoms with E-state index in [-0.39, 0.29) is 17.6 Å². The topological polar surface area (TPSA) is 62.7 Å². The molecule has 4 rings (SSSR count). The number of halogens is 4. The Morgan fingerprint density at radius 1 is 1.15 bits per heavy atom. The van der Waals surface area contributed by atoms with Crippen molar-refractivity contribution in [3.8, 4) is 5.75 Å². The third-order valence-electron chi connectivity index (χ3n) is 5.28. The fourth-order valence-corrected chi connectivity index (χ4v) is 7.47. The normalized spacial score (nSPS) is 15.1. The highest BCUT2D eigenvalue weighted by Gasteiger charge is 2.35. The summed E-state index contributed by atoms with van der Waals surface area (Å²) in [4.78, 5) is 6.00. The Balaban J connectivity index is 1.47. The molecule has 1 aliphatic heterocycles. The summed E-state index contributed by atoms with van der Waals surface area (Å²) in [5.41, 5.74) is 1.92. The summed E-state index contributed by atoms with van der Waals surface area (Å²) in [6.07, 6.45) is 0.622. The first kappa shape index (κ1) is 24.5. The zero-order valence-electron chi connectivity index (χ0n) is 17.4. The summed E-state index contributed by atoms with van der Waals surface area (Å²) in [7, 11) is -2.60. The summed E-state index contributed by atoms with van der Waals surface area (Å²) < 4.78 is 60.7. The molecule has 176 valence electrons. The number of aromatic nitrogens is 1. The Morgan fingerprint density at radius 3 is 2.55 bits per heavy atom. The lowest BCUT2D eigenvalue weighted by Crippen LogP contribution is -2.49. The van der Waals surface area contributed by atoms with Gasteiger partial charge in [-0.2, -0.15) is 4.31 Å². The van der Waals surface area contributed by atoms with Crippen LogP contribution < -0.4 is 9.64 Å². The zero-order valence-corrected chi connectivity index (χ0v) is 22.2. The molecule has 0 amide bonds. The van der Waals surface area contributed by atoms with Crippen molar-refractivity contribution in [2.75, 3.05) is 38.2 Å². The van der Waals surface area contributed by atoms with Gasteiger partial charge in [0.15, 0.2) is 10.9 Å². The fourth-order valence-electron chi connectivity index (χ4n) is 3.59. The van der Waals surface area contributed by atoms with Gasteiger partial charge in [-0.05, 0) is 44.0 Å². The van der Waals surface area contributed by atoms with Crippen LogP contribution >= 0.6 is 43.2 Å². The minimum atomic E-state index is -4.23. The number of piperazine rings is 1. The van der Waals surface area contributed by atoms with Crippen LogP contribution in [0.3, 0.4) is 0 Å². The van der Waals surface area contributed by atoms with E-state index < -0.39 is 31.0 Å². The number of sulfonamides is 1. The van der Waals surface area contributed by atoms with Crippen LogP contribution in [0.15, 0.2) is 49.6 Å². The maximum Gasteiger partial charge on any atom is 0.247 e. The van der Waals surface area contributed by atoms with Crippen molar-refractivity contribution < 1.29 is 21.9 Å². The smallest absolute Gasteiger partial charge is 0.247 e. The van der Waals surface area contributed by atoms with E-state index in [0.29, 0.717) is 19.5 Å². The maximum absolute atomic E-state index is 14.6. The third kappa shape index (κ3) is 4.95. The van der Waals surface area contributed by atoms with Crippen LogP contribution in [-0.4, -0.2) is 51.0 Å². The van der Waals surface area contributed by atoms with Crippen LogP contribution in [0.5, 0.6) is 5.75 Å². The summed E-state index contributed by atoms with van der Waals surface area (Å²) in [5, 5.41) is 2.76. The third-order valence-corrected chi connectivity index (χ3v) is 9.79. The molecule has 2 aromatic carbocycles. The van der Waals surface area contributed by atoms with E-state index in [1.807, 2.05) is 34.5 Å². The Labute approximate surface area is 211 Å². The highest BCUT2D eigenvalue weighted by molar-refractivity contribution is 9.11. The van der Waals surface area contributed by atoms with Crippen LogP contribution in [0.1, 0.15) is 11.3 Å². The van der Waals surface area contributed by atoms with Crippen molar-refractivity contribution in [1.29, 1.82) is 0 Å². The van der Waals surface area contributed by atoms with E-state index in [1.54, 1.807) is 7.11 Å². The van der Waals surface area contributed by atoms with Crippen molar-refractivity contribution in [2.45, 2.75) is 11.3 Å². The molecule has 3 aromatic rings. The predicted octanol–water partition coefficient (Wildman–Crippen LogP) is 5.06. The van der Waals surface area contributed by atoms with E-state index in [0.717, 1.165) is 28.2 Å². The Hall–Kier alpha value is -1.60. The van der Waals surface area contributed by atoms with Crippen LogP contribution in [0.4, 0.5) is 13.9 Å². The van der Waals surface area contributed by atoms with Crippen molar-refractivity contribution in [3.05, 3.63) is 67.5 Å². The summed E-state index contributed by atoms with van der Waals surface area (Å²) in [6, 6.07) is 8.64. The zero-order chi connectivity index (χ0) is 23.8. The number of ether oxygens (including phenoxy) is 1. The average Bonchev–Trinajstić information content (AvgIpc) is 3.27. The van der Waals surface area contributed by atoms with Gasteiger partial charge in [-0.15, -0.1) is 11.3 Å². The Kier molecular flexibility index (Phi) is 7.39. The SMILES string of the molecule is COc1ccccc1Cc1csc(N2CCN(S(=O)(=O)c3c(F)c(Br)cc(F)c3Br)CC2)n1. The molecule has 0 N–H and O–H groups in total. The summed E-state index contributed by atoms with van der Waals surface area (Å²) >= 11 is 7.25. The fraction of sp³-hybridized carbons (Fsp3) is 0.286. The molecular weight excluding hydrogens is 604 g/mol. The quantitative estimate of drug-likeness (QED) is 0.360. The van der Waals surface area contributed by atoms with Crippen molar-refractivity contribution in [3.63, 3.8) is 0 Å². The molecule has 1 aliphatic rings. The number of rotatable bonds is 6. The van der Waals surface area contributed by atoms with Gasteiger partial charge in [0.05, 0.1) is 21.7 Å². The van der Waals surface area contributed by atoms with E-state index in [2.05, 4.69) is 31.9 Å². The van der Waals surface area contributed by atoms with Crippen molar-refractivity contribution in [1.82, 2.24) is 9.29 Å². The van der Waals surface area contributed by atoms with E-state index in [1.165, 1.54) is 15.6 Å². The standard InChI is InChI=1S/C21H19Br2F2N3O3S2/c1-31-17-5-3-2-4-13(17)10-14-12-32-21(26-14)27-6-8-28(9-7-27)33(29,30)20-18(23)16(24)11-15(22)19(20)25/h2-5,11-12H,6-10H2,1H3. The monoisotopic (exact) mass is 621 g/mol. The first-order chi connectivity index (χ1) is 15.7. The first-order valence-corrected chi connectivity index (χ1v) is 13.8. The molecule has 0 saturated carbocycles.